The summed E-state index contributed by atoms with van der Waals surface area (Å²) < 4.78 is 0. The summed E-state index contributed by atoms with van der Waals surface area (Å²) in [6.07, 6.45) is 8.40. The SMILES string of the molecule is O=C1NC2(CCCCC2)C(=O)N1CN1CCc2sccc2[C@H]1C1CC1. The van der Waals surface area contributed by atoms with Gasteiger partial charge in [0.05, 0.1) is 6.67 Å². The van der Waals surface area contributed by atoms with Crippen LogP contribution in [0, 0.1) is 5.92 Å². The molecule has 5 nitrogen and oxygen atoms in total. The first-order valence-corrected chi connectivity index (χ1v) is 10.5. The molecule has 4 aliphatic rings. The molecule has 1 saturated heterocycles. The van der Waals surface area contributed by atoms with Gasteiger partial charge in [0.2, 0.25) is 0 Å². The smallest absolute Gasteiger partial charge is 0.323 e. The molecule has 0 aromatic carbocycles. The summed E-state index contributed by atoms with van der Waals surface area (Å²) in [6, 6.07) is 2.46. The van der Waals surface area contributed by atoms with E-state index < -0.39 is 5.54 Å². The molecule has 1 aromatic rings. The fourth-order valence-corrected chi connectivity index (χ4v) is 5.91. The van der Waals surface area contributed by atoms with Crippen LogP contribution in [-0.2, 0) is 11.2 Å². The summed E-state index contributed by atoms with van der Waals surface area (Å²) in [5.74, 6) is 0.709. The van der Waals surface area contributed by atoms with Crippen LogP contribution < -0.4 is 5.32 Å². The van der Waals surface area contributed by atoms with Crippen molar-refractivity contribution in [2.24, 2.45) is 5.92 Å². The number of imide groups is 1. The third-order valence-corrected chi connectivity index (χ3v) is 7.46. The van der Waals surface area contributed by atoms with Crippen LogP contribution in [0.2, 0.25) is 0 Å². The van der Waals surface area contributed by atoms with Crippen molar-refractivity contribution in [2.45, 2.75) is 62.9 Å². The molecule has 3 amide bonds. The Morgan fingerprint density at radius 1 is 1.20 bits per heavy atom. The Balaban J connectivity index is 1.38. The molecule has 2 aliphatic carbocycles. The predicted octanol–water partition coefficient (Wildman–Crippen LogP) is 3.27. The fraction of sp³-hybridized carbons (Fsp3) is 0.684. The summed E-state index contributed by atoms with van der Waals surface area (Å²) >= 11 is 1.85. The summed E-state index contributed by atoms with van der Waals surface area (Å²) in [5.41, 5.74) is 0.839. The maximum Gasteiger partial charge on any atom is 0.326 e. The number of hydrogen-bond acceptors (Lipinski definition) is 4. The van der Waals surface area contributed by atoms with Crippen LogP contribution in [0.25, 0.3) is 0 Å². The van der Waals surface area contributed by atoms with Gasteiger partial charge in [-0.05, 0) is 55.0 Å². The van der Waals surface area contributed by atoms with Gasteiger partial charge in [0.15, 0.2) is 0 Å². The molecule has 0 radical (unpaired) electrons. The van der Waals surface area contributed by atoms with Crippen molar-refractivity contribution >= 4 is 23.3 Å². The summed E-state index contributed by atoms with van der Waals surface area (Å²) in [4.78, 5) is 31.0. The molecule has 0 bridgehead atoms. The quantitative estimate of drug-likeness (QED) is 0.843. The Kier molecular flexibility index (Phi) is 3.68. The summed E-state index contributed by atoms with van der Waals surface area (Å²) in [7, 11) is 0. The molecule has 1 aromatic heterocycles. The highest BCUT2D eigenvalue weighted by molar-refractivity contribution is 7.10. The van der Waals surface area contributed by atoms with Crippen LogP contribution in [0.3, 0.4) is 0 Å². The van der Waals surface area contributed by atoms with Crippen molar-refractivity contribution in [3.05, 3.63) is 21.9 Å². The Morgan fingerprint density at radius 3 is 2.76 bits per heavy atom. The average molecular weight is 359 g/mol. The maximum atomic E-state index is 13.1. The first-order chi connectivity index (χ1) is 12.2. The van der Waals surface area contributed by atoms with Crippen molar-refractivity contribution in [1.29, 1.82) is 0 Å². The molecule has 134 valence electrons. The summed E-state index contributed by atoms with van der Waals surface area (Å²) in [5, 5.41) is 5.23. The second kappa shape index (κ2) is 5.81. The van der Waals surface area contributed by atoms with Crippen molar-refractivity contribution in [2.75, 3.05) is 13.2 Å². The molecule has 1 N–H and O–H groups in total. The van der Waals surface area contributed by atoms with Gasteiger partial charge in [0.1, 0.15) is 5.54 Å². The van der Waals surface area contributed by atoms with E-state index in [0.29, 0.717) is 18.6 Å². The Morgan fingerprint density at radius 2 is 2.00 bits per heavy atom. The lowest BCUT2D eigenvalue weighted by Crippen LogP contribution is -2.50. The number of amides is 3. The molecular weight excluding hydrogens is 334 g/mol. The third kappa shape index (κ3) is 2.53. The molecule has 0 unspecified atom stereocenters. The number of hydrogen-bond donors (Lipinski definition) is 1. The van der Waals surface area contributed by atoms with Crippen LogP contribution in [0.15, 0.2) is 11.4 Å². The van der Waals surface area contributed by atoms with Crippen molar-refractivity contribution < 1.29 is 9.59 Å². The van der Waals surface area contributed by atoms with E-state index in [1.165, 1.54) is 34.6 Å². The highest BCUT2D eigenvalue weighted by atomic mass is 32.1. The molecule has 6 heteroatoms. The van der Waals surface area contributed by atoms with Crippen molar-refractivity contribution in [3.63, 3.8) is 0 Å². The first-order valence-electron chi connectivity index (χ1n) is 9.62. The van der Waals surface area contributed by atoms with Gasteiger partial charge in [-0.25, -0.2) is 9.69 Å². The number of nitrogens with one attached hydrogen (secondary N) is 1. The molecular formula is C19H25N3O2S. The lowest BCUT2D eigenvalue weighted by atomic mass is 9.82. The fourth-order valence-electron chi connectivity index (χ4n) is 5.00. The number of urea groups is 1. The monoisotopic (exact) mass is 359 g/mol. The van der Waals surface area contributed by atoms with Gasteiger partial charge in [-0.3, -0.25) is 9.69 Å². The zero-order valence-corrected chi connectivity index (χ0v) is 15.3. The van der Waals surface area contributed by atoms with Crippen LogP contribution >= 0.6 is 11.3 Å². The lowest BCUT2D eigenvalue weighted by Gasteiger charge is -2.38. The van der Waals surface area contributed by atoms with E-state index in [2.05, 4.69) is 21.7 Å². The molecule has 1 spiro atoms. The maximum absolute atomic E-state index is 13.1. The summed E-state index contributed by atoms with van der Waals surface area (Å²) in [6.45, 7) is 1.39. The van der Waals surface area contributed by atoms with Crippen LogP contribution in [-0.4, -0.2) is 40.5 Å². The molecule has 5 rings (SSSR count). The van der Waals surface area contributed by atoms with Gasteiger partial charge < -0.3 is 5.32 Å². The molecule has 3 heterocycles. The average Bonchev–Trinajstić information content (AvgIpc) is 3.30. The molecule has 2 aliphatic heterocycles. The normalized spacial score (nSPS) is 29.1. The topological polar surface area (TPSA) is 52.7 Å². The first kappa shape index (κ1) is 15.8. The van der Waals surface area contributed by atoms with E-state index in [1.54, 1.807) is 0 Å². The van der Waals surface area contributed by atoms with Gasteiger partial charge in [0.25, 0.3) is 5.91 Å². The van der Waals surface area contributed by atoms with E-state index in [-0.39, 0.29) is 11.9 Å². The number of fused-ring (bicyclic) bond motifs is 1. The van der Waals surface area contributed by atoms with Gasteiger partial charge in [-0.2, -0.15) is 0 Å². The van der Waals surface area contributed by atoms with Gasteiger partial charge in [0, 0.05) is 17.5 Å². The number of carbonyl (C=O) groups excluding carboxylic acids is 2. The molecule has 1 atom stereocenters. The standard InChI is InChI=1S/C19H25N3O2S/c23-17-19(8-2-1-3-9-19)20-18(24)22(17)12-21-10-6-15-14(7-11-25-15)16(21)13-4-5-13/h7,11,13,16H,1-6,8-10,12H2,(H,20,24)/t16-/m1/s1. The highest BCUT2D eigenvalue weighted by Gasteiger charge is 2.52. The largest absolute Gasteiger partial charge is 0.326 e. The minimum Gasteiger partial charge on any atom is -0.323 e. The van der Waals surface area contributed by atoms with Crippen molar-refractivity contribution in [3.8, 4) is 0 Å². The number of rotatable bonds is 3. The highest BCUT2D eigenvalue weighted by Crippen LogP contribution is 2.48. The number of carbonyl (C=O) groups is 2. The predicted molar refractivity (Wildman–Crippen MR) is 96.3 cm³/mol. The van der Waals surface area contributed by atoms with E-state index in [1.807, 2.05) is 11.3 Å². The molecule has 3 fully saturated rings. The second-order valence-electron chi connectivity index (χ2n) is 8.09. The van der Waals surface area contributed by atoms with E-state index in [9.17, 15) is 9.59 Å². The van der Waals surface area contributed by atoms with Crippen LogP contribution in [0.4, 0.5) is 4.79 Å². The van der Waals surface area contributed by atoms with Gasteiger partial charge >= 0.3 is 6.03 Å². The van der Waals surface area contributed by atoms with E-state index in [4.69, 9.17) is 0 Å². The minimum atomic E-state index is -0.603. The molecule has 25 heavy (non-hydrogen) atoms. The Hall–Kier alpha value is -1.40. The van der Waals surface area contributed by atoms with Crippen LogP contribution in [0.5, 0.6) is 0 Å². The van der Waals surface area contributed by atoms with Crippen LogP contribution in [0.1, 0.15) is 61.4 Å². The molecule has 2 saturated carbocycles. The third-order valence-electron chi connectivity index (χ3n) is 6.46. The Bertz CT molecular complexity index is 705. The van der Waals surface area contributed by atoms with E-state index >= 15 is 0 Å². The lowest BCUT2D eigenvalue weighted by molar-refractivity contribution is -0.134. The Labute approximate surface area is 152 Å². The van der Waals surface area contributed by atoms with E-state index in [0.717, 1.165) is 38.6 Å². The zero-order chi connectivity index (χ0) is 17.0. The van der Waals surface area contributed by atoms with Gasteiger partial charge in [-0.1, -0.05) is 19.3 Å². The van der Waals surface area contributed by atoms with Crippen molar-refractivity contribution in [1.82, 2.24) is 15.1 Å². The van der Waals surface area contributed by atoms with Gasteiger partial charge in [-0.15, -0.1) is 11.3 Å². The number of nitrogens with zero attached hydrogens (tertiary/aromatic N) is 2. The second-order valence-corrected chi connectivity index (χ2v) is 9.09. The minimum absolute atomic E-state index is 0.0165. The number of thiophene rings is 1. The zero-order valence-electron chi connectivity index (χ0n) is 14.5.